The highest BCUT2D eigenvalue weighted by Crippen LogP contribution is 2.50. The van der Waals surface area contributed by atoms with E-state index in [9.17, 15) is 14.4 Å². The topological polar surface area (TPSA) is 66.9 Å². The maximum Gasteiger partial charge on any atom is 0.235 e. The van der Waals surface area contributed by atoms with Gasteiger partial charge in [0.1, 0.15) is 6.04 Å². The van der Waals surface area contributed by atoms with Crippen LogP contribution in [0.25, 0.3) is 5.57 Å². The van der Waals surface area contributed by atoms with E-state index in [0.717, 1.165) is 29.7 Å². The summed E-state index contributed by atoms with van der Waals surface area (Å²) in [5.41, 5.74) is 3.44. The molecule has 4 heterocycles. The molecule has 7 heteroatoms. The summed E-state index contributed by atoms with van der Waals surface area (Å²) < 4.78 is 5.71. The molecular weight excluding hydrogens is 452 g/mol. The van der Waals surface area contributed by atoms with Crippen molar-refractivity contribution in [2.45, 2.75) is 38.0 Å². The summed E-state index contributed by atoms with van der Waals surface area (Å²) in [6.07, 6.45) is 3.69. The molecule has 2 aromatic rings. The molecule has 4 aliphatic heterocycles. The van der Waals surface area contributed by atoms with Crippen molar-refractivity contribution in [1.82, 2.24) is 4.90 Å². The Morgan fingerprint density at radius 2 is 1.79 bits per heavy atom. The average Bonchev–Trinajstić information content (AvgIpc) is 3.53. The first-order valence-electron chi connectivity index (χ1n) is 11.8. The molecule has 3 saturated heterocycles. The molecule has 34 heavy (non-hydrogen) atoms. The Balaban J connectivity index is 1.45. The van der Waals surface area contributed by atoms with Crippen LogP contribution in [0.1, 0.15) is 35.7 Å². The summed E-state index contributed by atoms with van der Waals surface area (Å²) in [5.74, 6) is -1.97. The molecule has 0 bridgehead atoms. The third kappa shape index (κ3) is 3.16. The van der Waals surface area contributed by atoms with Gasteiger partial charge in [0.2, 0.25) is 11.8 Å². The Bertz CT molecular complexity index is 1220. The minimum Gasteiger partial charge on any atom is -0.376 e. The molecule has 0 unspecified atom stereocenters. The van der Waals surface area contributed by atoms with Crippen molar-refractivity contribution < 1.29 is 19.1 Å². The number of imide groups is 1. The summed E-state index contributed by atoms with van der Waals surface area (Å²) in [5, 5.41) is 0.537. The number of anilines is 1. The quantitative estimate of drug-likeness (QED) is 0.493. The second kappa shape index (κ2) is 8.07. The van der Waals surface area contributed by atoms with Crippen LogP contribution in [0.3, 0.4) is 0 Å². The molecule has 3 fully saturated rings. The number of carbonyl (C=O) groups is 3. The number of halogens is 1. The first-order valence-corrected chi connectivity index (χ1v) is 12.2. The van der Waals surface area contributed by atoms with Gasteiger partial charge in [0.15, 0.2) is 5.78 Å². The van der Waals surface area contributed by atoms with E-state index < -0.39 is 17.9 Å². The van der Waals surface area contributed by atoms with E-state index in [-0.39, 0.29) is 36.3 Å². The van der Waals surface area contributed by atoms with Crippen LogP contribution in [0, 0.1) is 11.8 Å². The van der Waals surface area contributed by atoms with Crippen molar-refractivity contribution in [3.8, 4) is 0 Å². The van der Waals surface area contributed by atoms with Crippen molar-refractivity contribution in [3.05, 3.63) is 70.8 Å². The van der Waals surface area contributed by atoms with E-state index in [1.54, 1.807) is 24.3 Å². The Kier molecular flexibility index (Phi) is 5.12. The number of nitrogens with zero attached hydrogens (tertiary/aromatic N) is 2. The molecule has 6 rings (SSSR count). The number of hydrogen-bond acceptors (Lipinski definition) is 5. The Morgan fingerprint density at radius 1 is 1.06 bits per heavy atom. The highest BCUT2D eigenvalue weighted by atomic mass is 35.5. The van der Waals surface area contributed by atoms with Gasteiger partial charge in [-0.25, -0.2) is 0 Å². The average molecular weight is 477 g/mol. The van der Waals surface area contributed by atoms with Crippen LogP contribution in [0.2, 0.25) is 5.02 Å². The number of amides is 2. The standard InChI is InChI=1S/C27H25ClN2O4/c1-15-13-21-22-23(27(33)29(26(22)32)14-18-5-4-12-34-18)24(25(31)16-8-10-17(28)11-9-16)30(21)20-7-3-2-6-19(15)20/h2-3,6-11,13,18,21-24H,4-5,12,14H2,1H3/t18-,21+,22+,23-,24+/m0/s1. The fourth-order valence-corrected chi connectivity index (χ4v) is 6.24. The number of hydrogen-bond donors (Lipinski definition) is 0. The lowest BCUT2D eigenvalue weighted by Gasteiger charge is -2.38. The Morgan fingerprint density at radius 3 is 2.53 bits per heavy atom. The van der Waals surface area contributed by atoms with Crippen molar-refractivity contribution >= 4 is 40.5 Å². The third-order valence-corrected chi connectivity index (χ3v) is 7.91. The van der Waals surface area contributed by atoms with Crippen LogP contribution in [0.4, 0.5) is 5.69 Å². The second-order valence-electron chi connectivity index (χ2n) is 9.55. The van der Waals surface area contributed by atoms with Crippen LogP contribution in [0.15, 0.2) is 54.6 Å². The number of fused-ring (bicyclic) bond motifs is 5. The number of carbonyl (C=O) groups excluding carboxylic acids is 3. The minimum atomic E-state index is -0.771. The monoisotopic (exact) mass is 476 g/mol. The number of ether oxygens (including phenoxy) is 1. The molecule has 6 nitrogen and oxygen atoms in total. The van der Waals surface area contributed by atoms with Gasteiger partial charge in [-0.2, -0.15) is 0 Å². The summed E-state index contributed by atoms with van der Waals surface area (Å²) in [6.45, 7) is 2.93. The van der Waals surface area contributed by atoms with Gasteiger partial charge < -0.3 is 9.64 Å². The number of ketones is 1. The maximum atomic E-state index is 13.9. The molecule has 5 atom stereocenters. The predicted molar refractivity (Wildman–Crippen MR) is 129 cm³/mol. The van der Waals surface area contributed by atoms with Gasteiger partial charge in [-0.05, 0) is 55.7 Å². The van der Waals surface area contributed by atoms with Crippen molar-refractivity contribution in [1.29, 1.82) is 0 Å². The SMILES string of the molecule is CC1=C[C@@H]2[C@H]3C(=O)N(C[C@@H]4CCCO4)C(=O)[C@@H]3[C@H](C(=O)c3ccc(Cl)cc3)N2c2ccccc21. The molecule has 0 radical (unpaired) electrons. The van der Waals surface area contributed by atoms with E-state index in [2.05, 4.69) is 6.08 Å². The molecule has 174 valence electrons. The highest BCUT2D eigenvalue weighted by Gasteiger charge is 2.64. The van der Waals surface area contributed by atoms with E-state index in [4.69, 9.17) is 16.3 Å². The van der Waals surface area contributed by atoms with Gasteiger partial charge >= 0.3 is 0 Å². The molecule has 4 aliphatic rings. The van der Waals surface area contributed by atoms with Crippen LogP contribution in [0.5, 0.6) is 0 Å². The van der Waals surface area contributed by atoms with E-state index in [1.807, 2.05) is 36.1 Å². The highest BCUT2D eigenvalue weighted by molar-refractivity contribution is 6.30. The zero-order valence-electron chi connectivity index (χ0n) is 18.8. The maximum absolute atomic E-state index is 13.9. The minimum absolute atomic E-state index is 0.127. The summed E-state index contributed by atoms with van der Waals surface area (Å²) in [6, 6.07) is 13.5. The van der Waals surface area contributed by atoms with Crippen molar-refractivity contribution in [3.63, 3.8) is 0 Å². The zero-order chi connectivity index (χ0) is 23.6. The lowest BCUT2D eigenvalue weighted by atomic mass is 9.85. The van der Waals surface area contributed by atoms with Gasteiger partial charge in [-0.3, -0.25) is 19.3 Å². The second-order valence-corrected chi connectivity index (χ2v) is 9.99. The molecular formula is C27H25ClN2O4. The lowest BCUT2D eigenvalue weighted by Crippen LogP contribution is -2.49. The Hall–Kier alpha value is -2.96. The smallest absolute Gasteiger partial charge is 0.235 e. The van der Waals surface area contributed by atoms with E-state index >= 15 is 0 Å². The van der Waals surface area contributed by atoms with Crippen LogP contribution in [-0.4, -0.2) is 53.8 Å². The summed E-state index contributed by atoms with van der Waals surface area (Å²) in [4.78, 5) is 44.7. The fourth-order valence-electron chi connectivity index (χ4n) is 6.12. The number of likely N-dealkylation sites (tertiary alicyclic amines) is 1. The predicted octanol–water partition coefficient (Wildman–Crippen LogP) is 3.98. The number of para-hydroxylation sites is 1. The van der Waals surface area contributed by atoms with Gasteiger partial charge in [0.25, 0.3) is 0 Å². The van der Waals surface area contributed by atoms with Crippen LogP contribution in [-0.2, 0) is 14.3 Å². The van der Waals surface area contributed by atoms with Gasteiger partial charge in [0, 0.05) is 28.4 Å². The molecule has 2 amide bonds. The van der Waals surface area contributed by atoms with Crippen molar-refractivity contribution in [2.75, 3.05) is 18.1 Å². The molecule has 2 aromatic carbocycles. The van der Waals surface area contributed by atoms with Gasteiger partial charge in [-0.1, -0.05) is 35.9 Å². The summed E-state index contributed by atoms with van der Waals surface area (Å²) in [7, 11) is 0. The number of Topliss-reactive ketones (excluding diaryl/α,β-unsaturated/α-hetero) is 1. The zero-order valence-corrected chi connectivity index (χ0v) is 19.6. The molecule has 0 N–H and O–H groups in total. The van der Waals surface area contributed by atoms with Gasteiger partial charge in [0.05, 0.1) is 30.5 Å². The molecule has 0 aromatic heterocycles. The van der Waals surface area contributed by atoms with Crippen LogP contribution >= 0.6 is 11.6 Å². The number of benzene rings is 2. The summed E-state index contributed by atoms with van der Waals surface area (Å²) >= 11 is 6.05. The Labute approximate surface area is 203 Å². The first-order chi connectivity index (χ1) is 16.5. The normalized spacial score (nSPS) is 29.7. The van der Waals surface area contributed by atoms with Gasteiger partial charge in [-0.15, -0.1) is 0 Å². The molecule has 0 saturated carbocycles. The largest absolute Gasteiger partial charge is 0.376 e. The number of allylic oxidation sites excluding steroid dienone is 1. The van der Waals surface area contributed by atoms with E-state index in [1.165, 1.54) is 4.90 Å². The first kappa shape index (κ1) is 21.6. The fraction of sp³-hybridized carbons (Fsp3) is 0.370. The lowest BCUT2D eigenvalue weighted by molar-refractivity contribution is -0.142. The third-order valence-electron chi connectivity index (χ3n) is 7.65. The molecule has 0 spiro atoms. The van der Waals surface area contributed by atoms with E-state index in [0.29, 0.717) is 17.2 Å². The number of rotatable bonds is 4. The van der Waals surface area contributed by atoms with Crippen molar-refractivity contribution in [2.24, 2.45) is 11.8 Å². The molecule has 0 aliphatic carbocycles. The van der Waals surface area contributed by atoms with Crippen LogP contribution < -0.4 is 4.90 Å².